The van der Waals surface area contributed by atoms with Crippen LogP contribution in [-0.4, -0.2) is 19.1 Å². The SMILES string of the molecule is COC(=O)C(C)N[C@@H](C)c1ccccc1C. The molecule has 0 heterocycles. The number of hydrogen-bond donors (Lipinski definition) is 1. The molecule has 16 heavy (non-hydrogen) atoms. The lowest BCUT2D eigenvalue weighted by Crippen LogP contribution is -2.36. The lowest BCUT2D eigenvalue weighted by molar-refractivity contribution is -0.142. The van der Waals surface area contributed by atoms with Gasteiger partial charge in [0.1, 0.15) is 6.04 Å². The van der Waals surface area contributed by atoms with Crippen molar-refractivity contribution < 1.29 is 9.53 Å². The fourth-order valence-corrected chi connectivity index (χ4v) is 1.78. The van der Waals surface area contributed by atoms with Crippen molar-refractivity contribution >= 4 is 5.97 Å². The van der Waals surface area contributed by atoms with E-state index < -0.39 is 0 Å². The van der Waals surface area contributed by atoms with Crippen LogP contribution < -0.4 is 5.32 Å². The van der Waals surface area contributed by atoms with Crippen LogP contribution in [0.4, 0.5) is 0 Å². The quantitative estimate of drug-likeness (QED) is 0.792. The molecule has 1 unspecified atom stereocenters. The predicted molar refractivity (Wildman–Crippen MR) is 64.2 cm³/mol. The van der Waals surface area contributed by atoms with E-state index in [1.165, 1.54) is 18.2 Å². The monoisotopic (exact) mass is 221 g/mol. The fourth-order valence-electron chi connectivity index (χ4n) is 1.78. The highest BCUT2D eigenvalue weighted by atomic mass is 16.5. The molecule has 0 fully saturated rings. The Labute approximate surface area is 96.8 Å². The maximum atomic E-state index is 11.3. The van der Waals surface area contributed by atoms with E-state index in [4.69, 9.17) is 0 Å². The topological polar surface area (TPSA) is 38.3 Å². The minimum absolute atomic E-state index is 0.135. The molecule has 0 spiro atoms. The van der Waals surface area contributed by atoms with Crippen molar-refractivity contribution in [2.75, 3.05) is 7.11 Å². The highest BCUT2D eigenvalue weighted by Crippen LogP contribution is 2.17. The molecule has 2 atom stereocenters. The molecule has 3 nitrogen and oxygen atoms in total. The van der Waals surface area contributed by atoms with Gasteiger partial charge in [0.05, 0.1) is 7.11 Å². The van der Waals surface area contributed by atoms with E-state index in [0.29, 0.717) is 0 Å². The van der Waals surface area contributed by atoms with Crippen LogP contribution >= 0.6 is 0 Å². The van der Waals surface area contributed by atoms with Crippen molar-refractivity contribution in [3.05, 3.63) is 35.4 Å². The smallest absolute Gasteiger partial charge is 0.322 e. The van der Waals surface area contributed by atoms with Crippen LogP contribution in [0.2, 0.25) is 0 Å². The number of carbonyl (C=O) groups is 1. The molecular weight excluding hydrogens is 202 g/mol. The van der Waals surface area contributed by atoms with Crippen molar-refractivity contribution in [2.45, 2.75) is 32.9 Å². The minimum Gasteiger partial charge on any atom is -0.468 e. The zero-order valence-corrected chi connectivity index (χ0v) is 10.3. The average molecular weight is 221 g/mol. The maximum Gasteiger partial charge on any atom is 0.322 e. The average Bonchev–Trinajstić information content (AvgIpc) is 2.28. The molecule has 1 rings (SSSR count). The van der Waals surface area contributed by atoms with Gasteiger partial charge in [0.2, 0.25) is 0 Å². The number of carbonyl (C=O) groups excluding carboxylic acids is 1. The lowest BCUT2D eigenvalue weighted by Gasteiger charge is -2.20. The van der Waals surface area contributed by atoms with Gasteiger partial charge in [-0.05, 0) is 31.9 Å². The van der Waals surface area contributed by atoms with E-state index in [9.17, 15) is 4.79 Å². The van der Waals surface area contributed by atoms with Gasteiger partial charge in [0.15, 0.2) is 0 Å². The molecule has 0 aliphatic carbocycles. The lowest BCUT2D eigenvalue weighted by atomic mass is 10.0. The second-order valence-electron chi connectivity index (χ2n) is 3.99. The van der Waals surface area contributed by atoms with Gasteiger partial charge in [0.25, 0.3) is 0 Å². The van der Waals surface area contributed by atoms with Gasteiger partial charge in [-0.1, -0.05) is 24.3 Å². The van der Waals surface area contributed by atoms with Gasteiger partial charge in [-0.3, -0.25) is 10.1 Å². The van der Waals surface area contributed by atoms with Crippen molar-refractivity contribution in [3.8, 4) is 0 Å². The second kappa shape index (κ2) is 5.66. The Balaban J connectivity index is 2.69. The molecule has 3 heteroatoms. The molecule has 0 aliphatic heterocycles. The Morgan fingerprint density at radius 2 is 1.94 bits per heavy atom. The number of esters is 1. The Morgan fingerprint density at radius 3 is 2.50 bits per heavy atom. The van der Waals surface area contributed by atoms with Crippen molar-refractivity contribution in [1.82, 2.24) is 5.32 Å². The first kappa shape index (κ1) is 12.7. The Kier molecular flexibility index (Phi) is 4.50. The van der Waals surface area contributed by atoms with Gasteiger partial charge < -0.3 is 4.74 Å². The number of aryl methyl sites for hydroxylation is 1. The summed E-state index contributed by atoms with van der Waals surface area (Å²) in [4.78, 5) is 11.3. The first-order valence-corrected chi connectivity index (χ1v) is 5.45. The summed E-state index contributed by atoms with van der Waals surface area (Å²) in [7, 11) is 1.40. The highest BCUT2D eigenvalue weighted by molar-refractivity contribution is 5.75. The zero-order chi connectivity index (χ0) is 12.1. The highest BCUT2D eigenvalue weighted by Gasteiger charge is 2.16. The van der Waals surface area contributed by atoms with Crippen LogP contribution in [-0.2, 0) is 9.53 Å². The Hall–Kier alpha value is -1.35. The molecule has 0 aliphatic rings. The molecule has 0 saturated heterocycles. The van der Waals surface area contributed by atoms with E-state index in [1.54, 1.807) is 6.92 Å². The van der Waals surface area contributed by atoms with Gasteiger partial charge in [-0.15, -0.1) is 0 Å². The molecule has 0 radical (unpaired) electrons. The van der Waals surface area contributed by atoms with Crippen LogP contribution in [0.5, 0.6) is 0 Å². The van der Waals surface area contributed by atoms with Crippen LogP contribution in [0.3, 0.4) is 0 Å². The van der Waals surface area contributed by atoms with Crippen LogP contribution in [0.15, 0.2) is 24.3 Å². The molecule has 88 valence electrons. The summed E-state index contributed by atoms with van der Waals surface area (Å²) in [5, 5.41) is 3.21. The summed E-state index contributed by atoms with van der Waals surface area (Å²) in [5.74, 6) is -0.236. The van der Waals surface area contributed by atoms with Crippen molar-refractivity contribution in [3.63, 3.8) is 0 Å². The summed E-state index contributed by atoms with van der Waals surface area (Å²) in [6, 6.07) is 7.99. The van der Waals surface area contributed by atoms with Gasteiger partial charge >= 0.3 is 5.97 Å². The summed E-state index contributed by atoms with van der Waals surface area (Å²) in [6.07, 6.45) is 0. The normalized spacial score (nSPS) is 14.2. The standard InChI is InChI=1S/C13H19NO2/c1-9-7-5-6-8-12(9)10(2)14-11(3)13(15)16-4/h5-8,10-11,14H,1-4H3/t10-,11?/m0/s1. The maximum absolute atomic E-state index is 11.3. The van der Waals surface area contributed by atoms with E-state index in [-0.39, 0.29) is 18.1 Å². The molecule has 1 aromatic carbocycles. The van der Waals surface area contributed by atoms with E-state index in [0.717, 1.165) is 0 Å². The van der Waals surface area contributed by atoms with E-state index in [2.05, 4.69) is 29.1 Å². The summed E-state index contributed by atoms with van der Waals surface area (Å²) in [5.41, 5.74) is 2.43. The largest absolute Gasteiger partial charge is 0.468 e. The number of hydrogen-bond acceptors (Lipinski definition) is 3. The van der Waals surface area contributed by atoms with Crippen molar-refractivity contribution in [1.29, 1.82) is 0 Å². The predicted octanol–water partition coefficient (Wildman–Crippen LogP) is 2.21. The van der Waals surface area contributed by atoms with Crippen LogP contribution in [0.1, 0.15) is 31.0 Å². The molecule has 0 aromatic heterocycles. The summed E-state index contributed by atoms with van der Waals surface area (Å²) in [6.45, 7) is 5.92. The Morgan fingerprint density at radius 1 is 1.31 bits per heavy atom. The summed E-state index contributed by atoms with van der Waals surface area (Å²) < 4.78 is 4.68. The third-order valence-corrected chi connectivity index (χ3v) is 2.71. The van der Waals surface area contributed by atoms with Gasteiger partial charge in [-0.2, -0.15) is 0 Å². The van der Waals surface area contributed by atoms with E-state index >= 15 is 0 Å². The minimum atomic E-state index is -0.292. The van der Waals surface area contributed by atoms with Gasteiger partial charge in [-0.25, -0.2) is 0 Å². The third-order valence-electron chi connectivity index (χ3n) is 2.71. The summed E-state index contributed by atoms with van der Waals surface area (Å²) >= 11 is 0. The number of ether oxygens (including phenoxy) is 1. The second-order valence-corrected chi connectivity index (χ2v) is 3.99. The first-order chi connectivity index (χ1) is 7.56. The third kappa shape index (κ3) is 3.07. The zero-order valence-electron chi connectivity index (χ0n) is 10.3. The molecule has 1 aromatic rings. The van der Waals surface area contributed by atoms with Crippen LogP contribution in [0.25, 0.3) is 0 Å². The number of nitrogens with one attached hydrogen (secondary N) is 1. The number of rotatable bonds is 4. The number of methoxy groups -OCH3 is 1. The molecule has 0 saturated carbocycles. The fraction of sp³-hybridized carbons (Fsp3) is 0.462. The van der Waals surface area contributed by atoms with Crippen molar-refractivity contribution in [2.24, 2.45) is 0 Å². The van der Waals surface area contributed by atoms with Crippen LogP contribution in [0, 0.1) is 6.92 Å². The molecule has 1 N–H and O–H groups in total. The van der Waals surface area contributed by atoms with Gasteiger partial charge in [0, 0.05) is 6.04 Å². The molecule has 0 bridgehead atoms. The molecular formula is C13H19NO2. The number of benzene rings is 1. The van der Waals surface area contributed by atoms with E-state index in [1.807, 2.05) is 19.1 Å². The molecule has 0 amide bonds. The Bertz CT molecular complexity index is 363. The first-order valence-electron chi connectivity index (χ1n) is 5.45.